The highest BCUT2D eigenvalue weighted by Crippen LogP contribution is 2.22. The molecule has 1 aromatic heterocycles. The first-order valence-electron chi connectivity index (χ1n) is 14.1. The lowest BCUT2D eigenvalue weighted by Crippen LogP contribution is -2.66. The third kappa shape index (κ3) is 7.33. The number of hydrogen-bond donors (Lipinski definition) is 3. The molecule has 1 unspecified atom stereocenters. The third-order valence-electron chi connectivity index (χ3n) is 7.45. The second kappa shape index (κ2) is 13.4. The van der Waals surface area contributed by atoms with Crippen LogP contribution in [-0.2, 0) is 23.7 Å². The number of benzene rings is 1. The van der Waals surface area contributed by atoms with Crippen LogP contribution >= 0.6 is 0 Å². The van der Waals surface area contributed by atoms with E-state index in [2.05, 4.69) is 15.6 Å². The van der Waals surface area contributed by atoms with Gasteiger partial charge < -0.3 is 29.9 Å². The highest BCUT2D eigenvalue weighted by atomic mass is 16.6. The summed E-state index contributed by atoms with van der Waals surface area (Å²) in [5, 5.41) is 15.8. The molecule has 2 saturated heterocycles. The lowest BCUT2D eigenvalue weighted by Gasteiger charge is -2.43. The molecule has 2 aromatic rings. The van der Waals surface area contributed by atoms with Crippen LogP contribution < -0.4 is 10.6 Å². The molecule has 13 heteroatoms. The van der Waals surface area contributed by atoms with Crippen molar-refractivity contribution in [3.05, 3.63) is 54.2 Å². The van der Waals surface area contributed by atoms with Crippen LogP contribution in [0.5, 0.6) is 0 Å². The van der Waals surface area contributed by atoms with Gasteiger partial charge >= 0.3 is 19.1 Å². The Kier molecular flexibility index (Phi) is 9.97. The van der Waals surface area contributed by atoms with Gasteiger partial charge in [0.1, 0.15) is 23.8 Å². The zero-order valence-electron chi connectivity index (χ0n) is 24.5. The van der Waals surface area contributed by atoms with E-state index in [0.29, 0.717) is 25.2 Å². The summed E-state index contributed by atoms with van der Waals surface area (Å²) in [6.07, 6.45) is -0.986. The summed E-state index contributed by atoms with van der Waals surface area (Å²) in [5.41, 5.74) is 1.46. The summed E-state index contributed by atoms with van der Waals surface area (Å²) >= 11 is 0. The van der Waals surface area contributed by atoms with Crippen LogP contribution in [0.1, 0.15) is 37.7 Å². The van der Waals surface area contributed by atoms with Crippen molar-refractivity contribution in [2.24, 2.45) is 5.92 Å². The quantitative estimate of drug-likeness (QED) is 0.359. The van der Waals surface area contributed by atoms with Crippen LogP contribution in [0, 0.1) is 5.92 Å². The van der Waals surface area contributed by atoms with Crippen LogP contribution in [0.15, 0.2) is 48.5 Å². The van der Waals surface area contributed by atoms with Gasteiger partial charge in [0.15, 0.2) is 0 Å². The van der Waals surface area contributed by atoms with Crippen molar-refractivity contribution >= 4 is 30.9 Å². The molecule has 2 bridgehead atoms. The molecule has 3 heterocycles. The van der Waals surface area contributed by atoms with Crippen molar-refractivity contribution in [1.82, 2.24) is 25.4 Å². The standard InChI is InChI=1S/C29H38BN5O7/c1-17(2)14-24(30-41-28(39)22-15-34(4)16-23(35(22)5)29(40)42-30)32-27(38)25(18(3)36)33-26(37)21-13-9-12-20(31-21)19-10-7-6-8-11-19/h6-13,17-18,22-25,36H,14-16H2,1-5H3,(H,32,38)(H,33,37)/t18-,22+,23+,24+,25?/m1/s1. The van der Waals surface area contributed by atoms with Crippen LogP contribution in [0.2, 0.25) is 0 Å². The van der Waals surface area contributed by atoms with Gasteiger partial charge in [0.05, 0.1) is 17.7 Å². The minimum absolute atomic E-state index is 0.0102. The Hall–Kier alpha value is -3.81. The van der Waals surface area contributed by atoms with Crippen molar-refractivity contribution in [1.29, 1.82) is 0 Å². The number of pyridine rings is 1. The predicted octanol–water partition coefficient (Wildman–Crippen LogP) is 0.501. The van der Waals surface area contributed by atoms with Crippen LogP contribution in [0.3, 0.4) is 0 Å². The van der Waals surface area contributed by atoms with Gasteiger partial charge in [0.25, 0.3) is 5.91 Å². The number of nitrogens with zero attached hydrogens (tertiary/aromatic N) is 3. The van der Waals surface area contributed by atoms with Crippen LogP contribution in [0.4, 0.5) is 0 Å². The number of aliphatic hydroxyl groups excluding tert-OH is 1. The highest BCUT2D eigenvalue weighted by molar-refractivity contribution is 6.51. The van der Waals surface area contributed by atoms with Crippen LogP contribution in [0.25, 0.3) is 11.3 Å². The molecule has 0 saturated carbocycles. The monoisotopic (exact) mass is 579 g/mol. The van der Waals surface area contributed by atoms with Gasteiger partial charge in [-0.05, 0) is 45.5 Å². The summed E-state index contributed by atoms with van der Waals surface area (Å²) in [5.74, 6) is -3.44. The van der Waals surface area contributed by atoms with Gasteiger partial charge in [-0.25, -0.2) is 4.98 Å². The number of likely N-dealkylation sites (N-methyl/N-ethyl adjacent to an activating group) is 2. The first kappa shape index (κ1) is 31.1. The molecule has 1 aromatic carbocycles. The fraction of sp³-hybridized carbons (Fsp3) is 0.483. The molecule has 0 radical (unpaired) electrons. The summed E-state index contributed by atoms with van der Waals surface area (Å²) < 4.78 is 11.3. The van der Waals surface area contributed by atoms with E-state index in [1.165, 1.54) is 13.0 Å². The predicted molar refractivity (Wildman–Crippen MR) is 155 cm³/mol. The van der Waals surface area contributed by atoms with E-state index in [1.54, 1.807) is 24.1 Å². The zero-order valence-corrected chi connectivity index (χ0v) is 24.5. The smallest absolute Gasteiger partial charge is 0.497 e. The van der Waals surface area contributed by atoms with Crippen LogP contribution in [-0.4, -0.2) is 108 Å². The van der Waals surface area contributed by atoms with E-state index in [4.69, 9.17) is 9.31 Å². The first-order valence-corrected chi connectivity index (χ1v) is 14.1. The minimum atomic E-state index is -1.38. The Morgan fingerprint density at radius 1 is 0.976 bits per heavy atom. The maximum Gasteiger partial charge on any atom is 0.622 e. The summed E-state index contributed by atoms with van der Waals surface area (Å²) in [4.78, 5) is 60.8. The first-order chi connectivity index (χ1) is 19.9. The van der Waals surface area contributed by atoms with E-state index in [1.807, 2.05) is 56.1 Å². The normalized spacial score (nSPS) is 21.8. The van der Waals surface area contributed by atoms with Crippen molar-refractivity contribution in [2.75, 3.05) is 27.2 Å². The number of hydrogen-bond acceptors (Lipinski definition) is 10. The second-order valence-electron chi connectivity index (χ2n) is 11.4. The molecule has 3 N–H and O–H groups in total. The second-order valence-corrected chi connectivity index (χ2v) is 11.4. The highest BCUT2D eigenvalue weighted by Gasteiger charge is 2.49. The van der Waals surface area contributed by atoms with E-state index in [-0.39, 0.29) is 11.6 Å². The molecular weight excluding hydrogens is 541 g/mol. The van der Waals surface area contributed by atoms with E-state index in [9.17, 15) is 24.3 Å². The number of aliphatic hydroxyl groups is 1. The number of piperazine rings is 1. The molecule has 2 aliphatic rings. The average Bonchev–Trinajstić information content (AvgIpc) is 2.95. The van der Waals surface area contributed by atoms with Crippen molar-refractivity contribution in [2.45, 2.75) is 57.4 Å². The SMILES string of the molecule is CC(C)C[C@H](NC(=O)C(NC(=O)c1cccc(-c2ccccc2)n1)[C@@H](C)O)B1OC(=O)[C@@H]2CN(C)C[C@@H](C(=O)O1)N2C. The molecular formula is C29H38BN5O7. The topological polar surface area (TPSA) is 150 Å². The Morgan fingerprint density at radius 3 is 2.17 bits per heavy atom. The molecule has 42 heavy (non-hydrogen) atoms. The molecule has 5 atom stereocenters. The third-order valence-corrected chi connectivity index (χ3v) is 7.45. The van der Waals surface area contributed by atoms with Crippen molar-refractivity contribution < 1.29 is 33.6 Å². The summed E-state index contributed by atoms with van der Waals surface area (Å²) in [6.45, 7) is 5.94. The van der Waals surface area contributed by atoms with Gasteiger partial charge in [-0.15, -0.1) is 0 Å². The average molecular weight is 579 g/mol. The number of aromatic nitrogens is 1. The van der Waals surface area contributed by atoms with Gasteiger partial charge in [-0.3, -0.25) is 24.1 Å². The zero-order chi connectivity index (χ0) is 30.6. The van der Waals surface area contributed by atoms with E-state index < -0.39 is 61.0 Å². The molecule has 0 aliphatic carbocycles. The molecule has 4 rings (SSSR count). The molecule has 2 aliphatic heterocycles. The number of fused-ring (bicyclic) bond motifs is 2. The maximum absolute atomic E-state index is 13.5. The van der Waals surface area contributed by atoms with Gasteiger partial charge in [0.2, 0.25) is 5.91 Å². The number of rotatable bonds is 9. The Morgan fingerprint density at radius 2 is 1.60 bits per heavy atom. The Balaban J connectivity index is 1.51. The molecule has 2 fully saturated rings. The Labute approximate surface area is 245 Å². The molecule has 224 valence electrons. The minimum Gasteiger partial charge on any atom is -0.497 e. The van der Waals surface area contributed by atoms with Crippen molar-refractivity contribution in [3.8, 4) is 11.3 Å². The summed E-state index contributed by atoms with van der Waals surface area (Å²) in [6, 6.07) is 11.6. The Bertz CT molecular complexity index is 1270. The molecule has 12 nitrogen and oxygen atoms in total. The summed E-state index contributed by atoms with van der Waals surface area (Å²) in [7, 11) is 2.11. The largest absolute Gasteiger partial charge is 0.622 e. The number of nitrogens with one attached hydrogen (secondary N) is 2. The van der Waals surface area contributed by atoms with Gasteiger partial charge in [-0.2, -0.15) is 0 Å². The fourth-order valence-electron chi connectivity index (χ4n) is 5.17. The molecule has 0 spiro atoms. The van der Waals surface area contributed by atoms with E-state index in [0.717, 1.165) is 5.56 Å². The van der Waals surface area contributed by atoms with Gasteiger partial charge in [-0.1, -0.05) is 50.2 Å². The maximum atomic E-state index is 13.5. The lowest BCUT2D eigenvalue weighted by molar-refractivity contribution is -0.159. The lowest BCUT2D eigenvalue weighted by atomic mass is 9.73. The number of carbonyl (C=O) groups is 4. The fourth-order valence-corrected chi connectivity index (χ4v) is 5.17. The molecule has 2 amide bonds. The van der Waals surface area contributed by atoms with Gasteiger partial charge in [0, 0.05) is 18.7 Å². The number of amides is 2. The number of carbonyl (C=O) groups excluding carboxylic acids is 4. The van der Waals surface area contributed by atoms with Crippen molar-refractivity contribution in [3.63, 3.8) is 0 Å². The van der Waals surface area contributed by atoms with E-state index >= 15 is 0 Å².